The zero-order chi connectivity index (χ0) is 20.3. The van der Waals surface area contributed by atoms with Crippen molar-refractivity contribution in [3.05, 3.63) is 56.1 Å². The lowest BCUT2D eigenvalue weighted by Crippen LogP contribution is -2.24. The Balaban J connectivity index is 1.65. The number of nitrogens with one attached hydrogen (secondary N) is 2. The first-order chi connectivity index (χ1) is 13.2. The van der Waals surface area contributed by atoms with Gasteiger partial charge in [0.2, 0.25) is 10.0 Å². The average molecular weight is 456 g/mol. The summed E-state index contributed by atoms with van der Waals surface area (Å²) in [6, 6.07) is 11.0. The van der Waals surface area contributed by atoms with Crippen LogP contribution in [0.5, 0.6) is 0 Å². The van der Waals surface area contributed by atoms with E-state index in [-0.39, 0.29) is 5.91 Å². The first-order valence-electron chi connectivity index (χ1n) is 8.29. The summed E-state index contributed by atoms with van der Waals surface area (Å²) in [6.45, 7) is 2.26. The molecular formula is C18H18ClN3O3S3. The summed E-state index contributed by atoms with van der Waals surface area (Å²) in [5, 5.41) is 4.02. The van der Waals surface area contributed by atoms with Crippen molar-refractivity contribution < 1.29 is 13.2 Å². The lowest BCUT2D eigenvalue weighted by molar-refractivity contribution is 0.103. The van der Waals surface area contributed by atoms with Gasteiger partial charge in [0.05, 0.1) is 16.8 Å². The van der Waals surface area contributed by atoms with Crippen molar-refractivity contribution in [3.63, 3.8) is 0 Å². The van der Waals surface area contributed by atoms with Crippen molar-refractivity contribution in [2.75, 3.05) is 18.1 Å². The van der Waals surface area contributed by atoms with Crippen molar-refractivity contribution in [2.45, 2.75) is 13.3 Å². The van der Waals surface area contributed by atoms with E-state index in [4.69, 9.17) is 11.6 Å². The number of amides is 1. The van der Waals surface area contributed by atoms with E-state index in [1.165, 1.54) is 22.7 Å². The molecule has 28 heavy (non-hydrogen) atoms. The molecule has 2 N–H and O–H groups in total. The summed E-state index contributed by atoms with van der Waals surface area (Å²) in [7, 11) is -3.21. The Morgan fingerprint density at radius 3 is 2.54 bits per heavy atom. The number of thiophene rings is 1. The molecule has 3 aromatic rings. The number of sulfonamides is 1. The lowest BCUT2D eigenvalue weighted by atomic mass is 10.1. The van der Waals surface area contributed by atoms with E-state index < -0.39 is 10.0 Å². The van der Waals surface area contributed by atoms with Crippen LogP contribution in [0.4, 0.5) is 5.13 Å². The number of hydrogen-bond acceptors (Lipinski definition) is 6. The number of benzene rings is 1. The molecule has 0 saturated carbocycles. The molecule has 1 amide bonds. The zero-order valence-electron chi connectivity index (χ0n) is 15.2. The summed E-state index contributed by atoms with van der Waals surface area (Å²) in [6.07, 6.45) is 1.65. The standard InChI is InChI=1S/C18H18ClN3O3S3/c1-11-16(12-3-5-13(19)6-4-12)21-18(26-11)22-17(23)15-8-7-14(27-15)9-10-20-28(2,24)25/h3-8,20H,9-10H2,1-2H3,(H,21,22,23). The molecule has 2 heterocycles. The number of halogens is 1. The van der Waals surface area contributed by atoms with Crippen LogP contribution >= 0.6 is 34.3 Å². The molecule has 0 unspecified atom stereocenters. The molecule has 0 aliphatic rings. The van der Waals surface area contributed by atoms with Gasteiger partial charge in [-0.15, -0.1) is 22.7 Å². The minimum Gasteiger partial charge on any atom is -0.297 e. The number of nitrogens with zero attached hydrogens (tertiary/aromatic N) is 1. The van der Waals surface area contributed by atoms with Crippen LogP contribution in [-0.4, -0.2) is 32.1 Å². The fourth-order valence-corrected chi connectivity index (χ4v) is 4.81. The Labute approximate surface area is 176 Å². The monoisotopic (exact) mass is 455 g/mol. The van der Waals surface area contributed by atoms with Gasteiger partial charge in [-0.1, -0.05) is 23.7 Å². The molecule has 0 atom stereocenters. The van der Waals surface area contributed by atoms with Gasteiger partial charge in [0.15, 0.2) is 5.13 Å². The summed E-state index contributed by atoms with van der Waals surface area (Å²) in [5.74, 6) is -0.233. The summed E-state index contributed by atoms with van der Waals surface area (Å²) in [4.78, 5) is 19.5. The zero-order valence-corrected chi connectivity index (χ0v) is 18.4. The van der Waals surface area contributed by atoms with Crippen molar-refractivity contribution in [2.24, 2.45) is 0 Å². The maximum absolute atomic E-state index is 12.5. The maximum Gasteiger partial charge on any atom is 0.267 e. The molecule has 1 aromatic carbocycles. The predicted molar refractivity (Wildman–Crippen MR) is 116 cm³/mol. The van der Waals surface area contributed by atoms with Crippen LogP contribution in [0.1, 0.15) is 19.4 Å². The minimum absolute atomic E-state index is 0.233. The highest BCUT2D eigenvalue weighted by molar-refractivity contribution is 7.88. The molecule has 2 aromatic heterocycles. The molecule has 0 aliphatic carbocycles. The van der Waals surface area contributed by atoms with E-state index in [9.17, 15) is 13.2 Å². The lowest BCUT2D eigenvalue weighted by Gasteiger charge is -2.00. The van der Waals surface area contributed by atoms with Crippen molar-refractivity contribution >= 4 is 55.3 Å². The largest absolute Gasteiger partial charge is 0.297 e. The molecule has 0 fully saturated rings. The molecule has 0 spiro atoms. The van der Waals surface area contributed by atoms with Gasteiger partial charge >= 0.3 is 0 Å². The number of carbonyl (C=O) groups excluding carboxylic acids is 1. The van der Waals surface area contributed by atoms with Gasteiger partial charge in [0, 0.05) is 26.9 Å². The Morgan fingerprint density at radius 1 is 1.14 bits per heavy atom. The molecule has 0 radical (unpaired) electrons. The molecule has 3 rings (SSSR count). The Kier molecular flexibility index (Phi) is 6.51. The second kappa shape index (κ2) is 8.71. The molecule has 10 heteroatoms. The molecule has 0 saturated heterocycles. The fraction of sp³-hybridized carbons (Fsp3) is 0.222. The van der Waals surface area contributed by atoms with Crippen LogP contribution in [0.3, 0.4) is 0 Å². The van der Waals surface area contributed by atoms with Crippen LogP contribution in [0.2, 0.25) is 5.02 Å². The molecular weight excluding hydrogens is 438 g/mol. The summed E-state index contributed by atoms with van der Waals surface area (Å²) in [5.41, 5.74) is 1.76. The summed E-state index contributed by atoms with van der Waals surface area (Å²) >= 11 is 8.68. The third-order valence-electron chi connectivity index (χ3n) is 3.76. The van der Waals surface area contributed by atoms with Gasteiger partial charge in [-0.2, -0.15) is 0 Å². The third kappa shape index (κ3) is 5.62. The van der Waals surface area contributed by atoms with E-state index in [0.29, 0.717) is 28.0 Å². The van der Waals surface area contributed by atoms with Gasteiger partial charge in [0.1, 0.15) is 0 Å². The van der Waals surface area contributed by atoms with Crippen LogP contribution in [0.25, 0.3) is 11.3 Å². The van der Waals surface area contributed by atoms with Crippen LogP contribution < -0.4 is 10.0 Å². The second-order valence-corrected chi connectivity index (χ2v) is 10.7. The maximum atomic E-state index is 12.5. The number of thiazole rings is 1. The van der Waals surface area contributed by atoms with E-state index >= 15 is 0 Å². The average Bonchev–Trinajstić information content (AvgIpc) is 3.21. The Morgan fingerprint density at radius 2 is 1.86 bits per heavy atom. The molecule has 0 bridgehead atoms. The SMILES string of the molecule is Cc1sc(NC(=O)c2ccc(CCNS(C)(=O)=O)s2)nc1-c1ccc(Cl)cc1. The number of rotatable bonds is 7. The van der Waals surface area contributed by atoms with Crippen LogP contribution in [0.15, 0.2) is 36.4 Å². The van der Waals surface area contributed by atoms with Crippen LogP contribution in [-0.2, 0) is 16.4 Å². The number of aryl methyl sites for hydroxylation is 1. The van der Waals surface area contributed by atoms with Gasteiger partial charge in [-0.05, 0) is 37.6 Å². The molecule has 0 aliphatic heterocycles. The highest BCUT2D eigenvalue weighted by Crippen LogP contribution is 2.31. The highest BCUT2D eigenvalue weighted by atomic mass is 35.5. The second-order valence-electron chi connectivity index (χ2n) is 6.07. The normalized spacial score (nSPS) is 11.5. The van der Waals surface area contributed by atoms with Gasteiger partial charge < -0.3 is 0 Å². The van der Waals surface area contributed by atoms with Gasteiger partial charge in [0.25, 0.3) is 5.91 Å². The Hall–Kier alpha value is -1.78. The van der Waals surface area contributed by atoms with E-state index in [2.05, 4.69) is 15.0 Å². The van der Waals surface area contributed by atoms with Crippen LogP contribution in [0, 0.1) is 6.92 Å². The Bertz CT molecular complexity index is 1090. The minimum atomic E-state index is -3.21. The first kappa shape index (κ1) is 20.9. The predicted octanol–water partition coefficient (Wildman–Crippen LogP) is 4.18. The van der Waals surface area contributed by atoms with Crippen molar-refractivity contribution in [1.82, 2.24) is 9.71 Å². The van der Waals surface area contributed by atoms with Crippen molar-refractivity contribution in [3.8, 4) is 11.3 Å². The number of hydrogen-bond donors (Lipinski definition) is 2. The number of anilines is 1. The van der Waals surface area contributed by atoms with E-state index in [0.717, 1.165) is 27.3 Å². The number of carbonyl (C=O) groups is 1. The highest BCUT2D eigenvalue weighted by Gasteiger charge is 2.15. The van der Waals surface area contributed by atoms with Gasteiger partial charge in [-0.25, -0.2) is 18.1 Å². The van der Waals surface area contributed by atoms with E-state index in [1.807, 2.05) is 25.1 Å². The molecule has 6 nitrogen and oxygen atoms in total. The smallest absolute Gasteiger partial charge is 0.267 e. The third-order valence-corrected chi connectivity index (χ3v) is 6.77. The molecule has 148 valence electrons. The summed E-state index contributed by atoms with van der Waals surface area (Å²) < 4.78 is 24.6. The van der Waals surface area contributed by atoms with Crippen molar-refractivity contribution in [1.29, 1.82) is 0 Å². The van der Waals surface area contributed by atoms with E-state index in [1.54, 1.807) is 18.2 Å². The quantitative estimate of drug-likeness (QED) is 0.559. The number of aromatic nitrogens is 1. The first-order valence-corrected chi connectivity index (χ1v) is 12.2. The van der Waals surface area contributed by atoms with Gasteiger partial charge in [-0.3, -0.25) is 10.1 Å². The topological polar surface area (TPSA) is 88.2 Å². The fourth-order valence-electron chi connectivity index (χ4n) is 2.48.